The molecule has 0 aromatic heterocycles. The van der Waals surface area contributed by atoms with Gasteiger partial charge in [0.15, 0.2) is 0 Å². The number of halogens is 16. The number of carbonyl (C=O) groups is 6. The van der Waals surface area contributed by atoms with Gasteiger partial charge in [0, 0.05) is 66.7 Å². The average Bonchev–Trinajstić information content (AvgIpc) is 0.837. The summed E-state index contributed by atoms with van der Waals surface area (Å²) in [6.07, 6.45) is -5.19. The lowest BCUT2D eigenvalue weighted by molar-refractivity contribution is 0.119. The van der Waals surface area contributed by atoms with Gasteiger partial charge in [-0.2, -0.15) is 0 Å². The molecule has 726 valence electrons. The zero-order valence-electron chi connectivity index (χ0n) is 74.5. The Morgan fingerprint density at radius 1 is 0.248 bits per heavy atom. The van der Waals surface area contributed by atoms with Gasteiger partial charge in [-0.25, -0.2) is 59.5 Å². The molecule has 40 heteroatoms. The molecule has 24 nitrogen and oxygen atoms in total. The lowest BCUT2D eigenvalue weighted by Gasteiger charge is -2.14. The van der Waals surface area contributed by atoms with Crippen LogP contribution in [0, 0.1) is 92.8 Å². The maximum atomic E-state index is 13.9. The number of methoxy groups -OCH3 is 6. The van der Waals surface area contributed by atoms with Crippen molar-refractivity contribution in [2.45, 2.75) is 88.1 Å². The van der Waals surface area contributed by atoms with Crippen LogP contribution in [-0.2, 0) is 68.1 Å². The van der Waals surface area contributed by atoms with E-state index in [1.807, 2.05) is 19.1 Å². The summed E-state index contributed by atoms with van der Waals surface area (Å²) in [5.41, 5.74) is 6.22. The maximum Gasteiger partial charge on any atom is 0.513 e. The molecule has 0 unspecified atom stereocenters. The second-order valence-electron chi connectivity index (χ2n) is 27.8. The fourth-order valence-corrected chi connectivity index (χ4v) is 13.9. The summed E-state index contributed by atoms with van der Waals surface area (Å²) in [6, 6.07) is 47.0. The van der Waals surface area contributed by atoms with Crippen molar-refractivity contribution in [1.82, 2.24) is 0 Å². The number of para-hydroxylation sites is 1. The van der Waals surface area contributed by atoms with Gasteiger partial charge in [-0.3, -0.25) is 0 Å². The smallest absolute Gasteiger partial charge is 0.487 e. The summed E-state index contributed by atoms with van der Waals surface area (Å²) in [6.45, 7) is 11.3. The maximum absolute atomic E-state index is 13.9. The van der Waals surface area contributed by atoms with E-state index in [9.17, 15) is 59.5 Å². The molecule has 0 N–H and O–H groups in total. The first kappa shape index (κ1) is 112. The zero-order valence-corrected chi connectivity index (χ0v) is 83.5. The van der Waals surface area contributed by atoms with Crippen LogP contribution in [0.15, 0.2) is 193 Å². The van der Waals surface area contributed by atoms with Crippen LogP contribution in [0.1, 0.15) is 72.3 Å². The van der Waals surface area contributed by atoms with E-state index in [0.29, 0.717) is 108 Å². The second-order valence-corrected chi connectivity index (χ2v) is 32.7. The van der Waals surface area contributed by atoms with Gasteiger partial charge in [0.05, 0.1) is 88.9 Å². The van der Waals surface area contributed by atoms with Crippen LogP contribution in [0.3, 0.4) is 0 Å². The molecule has 0 saturated carbocycles. The molecule has 0 radical (unpaired) electrons. The van der Waals surface area contributed by atoms with Crippen LogP contribution in [0.5, 0.6) is 69.0 Å². The Bertz CT molecular complexity index is 5560. The fourth-order valence-electron chi connectivity index (χ4n) is 10.9. The summed E-state index contributed by atoms with van der Waals surface area (Å²) in [5.74, 6) is -0.767. The number of ether oxygens (including phenoxy) is 18. The van der Waals surface area contributed by atoms with E-state index in [1.165, 1.54) is 120 Å². The first-order valence-electron chi connectivity index (χ1n) is 39.4. The second kappa shape index (κ2) is 55.3. The van der Waals surface area contributed by atoms with Crippen LogP contribution < -0.4 is 56.8 Å². The van der Waals surface area contributed by atoms with Crippen molar-refractivity contribution >= 4 is 157 Å². The molecular weight excluding hydrogens is 2140 g/mol. The Hall–Kier alpha value is -12.2. The highest BCUT2D eigenvalue weighted by molar-refractivity contribution is 14.1. The minimum absolute atomic E-state index is 0.0186. The number of hydrogen-bond donors (Lipinski definition) is 0. The highest BCUT2D eigenvalue weighted by Gasteiger charge is 2.23. The van der Waals surface area contributed by atoms with Gasteiger partial charge in [0.1, 0.15) is 149 Å². The summed E-state index contributed by atoms with van der Waals surface area (Å²) >= 11 is 47.7. The van der Waals surface area contributed by atoms with Crippen molar-refractivity contribution in [2.75, 3.05) is 42.7 Å². The van der Waals surface area contributed by atoms with Crippen LogP contribution >= 0.6 is 120 Å². The standard InChI is InChI=1S/C17H16ClFO4.C16H13BrClFO4.C16H13Cl2FO4.C16H13ClF2O4.C16H13ClFIO4.C16H14ClFO4/c1-10-5-4-6-15(23-17(20)21-3)12(10)9-22-16-8-14(19)11(2)7-13(16)18;2*1-9-6-12(18)15(7-13(9)19)22-8-10-11(17)4-3-5-14(10)23-16(20)21-2;1-9-6-11(17)15(7-13(9)19)22-8-10-12(18)4-3-5-14(10)23-16(20)21-2;1-9-6-11(17)15(7-12(9)18)22-8-10-13(19)4-3-5-14(10)23-16(20)21-2;1-10-7-12(17)15(8-13(10)18)21-9-11-5-3-4-6-14(11)22-16(19)20-2/h4-8H,9H2,1-3H3;4*3-7H,8H2,1-2H3;3-8H,9H2,1-2H3. The third-order valence-corrected chi connectivity index (χ3v) is 22.2. The normalized spacial score (nSPS) is 10.3. The van der Waals surface area contributed by atoms with E-state index < -0.39 is 77.7 Å². The SMILES string of the molecule is COC(=O)Oc1cccc(Br)c1COc1cc(F)c(C)cc1Cl.COC(=O)Oc1cccc(C)c1COc1cc(F)c(C)cc1Cl.COC(=O)Oc1cccc(Cl)c1COc1cc(F)c(C)cc1Cl.COC(=O)Oc1cccc(F)c1COc1cc(F)c(C)cc1Cl.COC(=O)Oc1cccc(I)c1COc1cc(F)c(C)cc1Cl.COC(=O)Oc1ccccc1COc1cc(F)c(C)cc1Cl. The van der Waals surface area contributed by atoms with Crippen molar-refractivity contribution < 1.29 is 145 Å². The van der Waals surface area contributed by atoms with E-state index in [-0.39, 0.29) is 107 Å². The molecule has 0 aliphatic carbocycles. The molecular formula is C97H82BrCl7F7IO24. The highest BCUT2D eigenvalue weighted by Crippen LogP contribution is 2.39. The molecule has 0 amide bonds. The van der Waals surface area contributed by atoms with Gasteiger partial charge in [-0.1, -0.05) is 152 Å². The Labute approximate surface area is 839 Å². The summed E-state index contributed by atoms with van der Waals surface area (Å²) in [5, 5.41) is 2.02. The van der Waals surface area contributed by atoms with Gasteiger partial charge >= 0.3 is 36.9 Å². The number of rotatable bonds is 24. The van der Waals surface area contributed by atoms with Crippen LogP contribution in [0.25, 0.3) is 0 Å². The molecule has 0 atom stereocenters. The van der Waals surface area contributed by atoms with E-state index >= 15 is 0 Å². The topological polar surface area (TPSA) is 269 Å². The van der Waals surface area contributed by atoms with Gasteiger partial charge in [0.2, 0.25) is 0 Å². The van der Waals surface area contributed by atoms with Crippen LogP contribution in [0.4, 0.5) is 59.5 Å². The third kappa shape index (κ3) is 34.5. The number of benzene rings is 12. The molecule has 137 heavy (non-hydrogen) atoms. The monoisotopic (exact) mass is 2210 g/mol. The van der Waals surface area contributed by atoms with Gasteiger partial charge in [0.25, 0.3) is 0 Å². The molecule has 0 saturated heterocycles. The summed E-state index contributed by atoms with van der Waals surface area (Å²) in [4.78, 5) is 67.5. The largest absolute Gasteiger partial charge is 0.513 e. The minimum atomic E-state index is -0.990. The number of aryl methyl sites for hydroxylation is 7. The first-order valence-corrected chi connectivity index (χ1v) is 43.9. The Balaban J connectivity index is 0.000000224. The predicted molar refractivity (Wildman–Crippen MR) is 510 cm³/mol. The Kier molecular flexibility index (Phi) is 45.1. The van der Waals surface area contributed by atoms with Gasteiger partial charge < -0.3 is 85.3 Å². The summed E-state index contributed by atoms with van der Waals surface area (Å²) < 4.78 is 187. The zero-order chi connectivity index (χ0) is 101. The predicted octanol–water partition coefficient (Wildman–Crippen LogP) is 29.5. The van der Waals surface area contributed by atoms with E-state index in [4.69, 9.17) is 138 Å². The van der Waals surface area contributed by atoms with E-state index in [2.05, 4.69) is 66.9 Å². The van der Waals surface area contributed by atoms with Crippen molar-refractivity contribution in [1.29, 1.82) is 0 Å². The first-order chi connectivity index (χ1) is 65.1. The highest BCUT2D eigenvalue weighted by atomic mass is 127. The van der Waals surface area contributed by atoms with Gasteiger partial charge in [-0.15, -0.1) is 0 Å². The lowest BCUT2D eigenvalue weighted by atomic mass is 10.1. The molecule has 12 aromatic carbocycles. The molecule has 12 aromatic rings. The third-order valence-electron chi connectivity index (χ3n) is 18.3. The van der Waals surface area contributed by atoms with Crippen molar-refractivity contribution in [3.8, 4) is 69.0 Å². The van der Waals surface area contributed by atoms with Crippen molar-refractivity contribution in [3.05, 3.63) is 344 Å². The molecule has 0 fully saturated rings. The Morgan fingerprint density at radius 2 is 0.496 bits per heavy atom. The fraction of sp³-hybridized carbons (Fsp3) is 0.196. The van der Waals surface area contributed by atoms with Crippen molar-refractivity contribution in [2.24, 2.45) is 0 Å². The molecule has 0 aliphatic heterocycles. The average molecular weight is 2220 g/mol. The number of carbonyl (C=O) groups excluding carboxylic acids is 6. The summed E-state index contributed by atoms with van der Waals surface area (Å²) in [7, 11) is 7.20. The number of hydrogen-bond acceptors (Lipinski definition) is 24. The molecule has 12 rings (SSSR count). The minimum Gasteiger partial charge on any atom is -0.487 e. The molecule has 0 aliphatic rings. The van der Waals surface area contributed by atoms with E-state index in [1.54, 1.807) is 126 Å². The molecule has 0 spiro atoms. The lowest BCUT2D eigenvalue weighted by Crippen LogP contribution is -2.11. The molecule has 0 heterocycles. The Morgan fingerprint density at radius 3 is 0.854 bits per heavy atom. The van der Waals surface area contributed by atoms with E-state index in [0.717, 1.165) is 22.3 Å². The van der Waals surface area contributed by atoms with Crippen LogP contribution in [0.2, 0.25) is 35.2 Å². The quantitative estimate of drug-likeness (QED) is 0.0179. The van der Waals surface area contributed by atoms with Crippen molar-refractivity contribution in [3.63, 3.8) is 0 Å². The van der Waals surface area contributed by atoms with Gasteiger partial charge in [-0.05, 0) is 207 Å². The molecule has 0 bridgehead atoms. The van der Waals surface area contributed by atoms with Crippen LogP contribution in [-0.4, -0.2) is 79.6 Å².